The van der Waals surface area contributed by atoms with Crippen molar-refractivity contribution >= 4 is 12.3 Å². The standard InChI is InChI=1S/C15H24N2O2.C8H9FO/c1-11(5-10-14(17-3)15(18)19-4)12-6-8-13(16-2)9-7-12;1-8(5-7-10)4-2-3-6-9/h5-6,8-9,12,14,16-17H,7,10H2,1-4H3;2-7H,1H3/b11-5+;4-2-,6-3+,8-5+. The zero-order valence-electron chi connectivity index (χ0n) is 17.9. The highest BCUT2D eigenvalue weighted by atomic mass is 19.1. The summed E-state index contributed by atoms with van der Waals surface area (Å²) in [6.07, 6.45) is 17.2. The molecule has 0 spiro atoms. The van der Waals surface area contributed by atoms with Gasteiger partial charge >= 0.3 is 5.97 Å². The van der Waals surface area contributed by atoms with Gasteiger partial charge in [-0.15, -0.1) is 0 Å². The quantitative estimate of drug-likeness (QED) is 0.200. The molecule has 0 aromatic carbocycles. The number of nitrogens with one attached hydrogen (secondary N) is 2. The molecule has 0 amide bonds. The van der Waals surface area contributed by atoms with Gasteiger partial charge in [-0.25, -0.2) is 4.39 Å². The number of halogens is 1. The number of carbonyl (C=O) groups excluding carboxylic acids is 2. The smallest absolute Gasteiger partial charge is 0.323 e. The van der Waals surface area contributed by atoms with Gasteiger partial charge in [-0.05, 0) is 57.5 Å². The van der Waals surface area contributed by atoms with E-state index in [-0.39, 0.29) is 12.0 Å². The summed E-state index contributed by atoms with van der Waals surface area (Å²) in [4.78, 5) is 21.3. The first-order valence-corrected chi connectivity index (χ1v) is 9.46. The first kappa shape index (κ1) is 26.3. The topological polar surface area (TPSA) is 67.4 Å². The molecule has 5 nitrogen and oxygen atoms in total. The third kappa shape index (κ3) is 11.7. The molecule has 0 saturated carbocycles. The summed E-state index contributed by atoms with van der Waals surface area (Å²) < 4.78 is 16.1. The highest BCUT2D eigenvalue weighted by molar-refractivity contribution is 5.75. The molecule has 2 atom stereocenters. The van der Waals surface area contributed by atoms with Crippen molar-refractivity contribution in [3.05, 3.63) is 71.8 Å². The molecular formula is C23H33FN2O3. The Morgan fingerprint density at radius 1 is 1.34 bits per heavy atom. The van der Waals surface area contributed by atoms with Crippen LogP contribution in [0, 0.1) is 5.92 Å². The molecule has 1 rings (SSSR count). The number of allylic oxidation sites excluding steroid dienone is 9. The lowest BCUT2D eigenvalue weighted by molar-refractivity contribution is -0.142. The molecule has 0 fully saturated rings. The fraction of sp³-hybridized carbons (Fsp3) is 0.391. The Morgan fingerprint density at radius 3 is 2.55 bits per heavy atom. The minimum Gasteiger partial charge on any atom is -0.468 e. The summed E-state index contributed by atoms with van der Waals surface area (Å²) in [6.45, 7) is 3.87. The molecule has 0 aliphatic heterocycles. The van der Waals surface area contributed by atoms with E-state index in [1.54, 1.807) is 20.0 Å². The molecule has 1 aliphatic rings. The lowest BCUT2D eigenvalue weighted by Gasteiger charge is -2.18. The summed E-state index contributed by atoms with van der Waals surface area (Å²) in [6, 6.07) is -0.268. The van der Waals surface area contributed by atoms with Crippen LogP contribution in [-0.2, 0) is 14.3 Å². The molecule has 2 N–H and O–H groups in total. The zero-order chi connectivity index (χ0) is 22.1. The van der Waals surface area contributed by atoms with E-state index < -0.39 is 0 Å². The fourth-order valence-electron chi connectivity index (χ4n) is 2.48. The normalized spacial score (nSPS) is 18.1. The lowest BCUT2D eigenvalue weighted by Crippen LogP contribution is -2.34. The molecule has 0 radical (unpaired) electrons. The van der Waals surface area contributed by atoms with Crippen molar-refractivity contribution in [1.82, 2.24) is 10.6 Å². The minimum absolute atomic E-state index is 0.219. The van der Waals surface area contributed by atoms with Crippen LogP contribution in [0.2, 0.25) is 0 Å². The molecule has 1 aliphatic carbocycles. The van der Waals surface area contributed by atoms with Crippen molar-refractivity contribution in [2.24, 2.45) is 5.92 Å². The minimum atomic E-state index is -0.268. The van der Waals surface area contributed by atoms with Gasteiger partial charge < -0.3 is 15.4 Å². The van der Waals surface area contributed by atoms with Crippen LogP contribution in [0.5, 0.6) is 0 Å². The van der Waals surface area contributed by atoms with Gasteiger partial charge in [0.15, 0.2) is 0 Å². The van der Waals surface area contributed by atoms with E-state index in [1.807, 2.05) is 7.05 Å². The SMILES string of the molecule is CC(/C=C\C=C\F)=C\C=O.CNC1=CCC(/C(C)=C/CC(NC)C(=O)OC)C=C1. The fourth-order valence-corrected chi connectivity index (χ4v) is 2.48. The number of hydrogen-bond acceptors (Lipinski definition) is 5. The average molecular weight is 405 g/mol. The Morgan fingerprint density at radius 2 is 2.07 bits per heavy atom. The summed E-state index contributed by atoms with van der Waals surface area (Å²) in [5.41, 5.74) is 3.24. The molecule has 2 unspecified atom stereocenters. The second kappa shape index (κ2) is 16.2. The molecule has 0 saturated heterocycles. The van der Waals surface area contributed by atoms with Gasteiger partial charge in [-0.1, -0.05) is 36.0 Å². The van der Waals surface area contributed by atoms with Crippen LogP contribution in [0.25, 0.3) is 0 Å². The number of likely N-dealkylation sites (N-methyl/N-ethyl adjacent to an activating group) is 2. The Labute approximate surface area is 173 Å². The highest BCUT2D eigenvalue weighted by Crippen LogP contribution is 2.22. The third-order valence-electron chi connectivity index (χ3n) is 4.36. The van der Waals surface area contributed by atoms with E-state index in [0.29, 0.717) is 25.0 Å². The van der Waals surface area contributed by atoms with Crippen molar-refractivity contribution < 1.29 is 18.7 Å². The number of hydrogen-bond donors (Lipinski definition) is 2. The predicted molar refractivity (Wildman–Crippen MR) is 117 cm³/mol. The van der Waals surface area contributed by atoms with Gasteiger partial charge in [-0.2, -0.15) is 0 Å². The number of methoxy groups -OCH3 is 1. The first-order chi connectivity index (χ1) is 13.9. The Balaban J connectivity index is 0.000000665. The lowest BCUT2D eigenvalue weighted by atomic mass is 9.91. The Hall–Kier alpha value is -2.73. The molecule has 29 heavy (non-hydrogen) atoms. The Bertz CT molecular complexity index is 688. The molecule has 0 bridgehead atoms. The third-order valence-corrected chi connectivity index (χ3v) is 4.36. The van der Waals surface area contributed by atoms with Crippen LogP contribution >= 0.6 is 0 Å². The monoisotopic (exact) mass is 404 g/mol. The van der Waals surface area contributed by atoms with E-state index in [1.165, 1.54) is 30.9 Å². The molecule has 6 heteroatoms. The van der Waals surface area contributed by atoms with Gasteiger partial charge in [0.25, 0.3) is 0 Å². The van der Waals surface area contributed by atoms with Crippen LogP contribution in [0.15, 0.2) is 71.8 Å². The largest absolute Gasteiger partial charge is 0.468 e. The predicted octanol–water partition coefficient (Wildman–Crippen LogP) is 3.93. The maximum absolute atomic E-state index is 11.5. The van der Waals surface area contributed by atoms with Crippen LogP contribution in [0.4, 0.5) is 4.39 Å². The van der Waals surface area contributed by atoms with E-state index in [9.17, 15) is 14.0 Å². The molecule has 0 aromatic rings. The van der Waals surface area contributed by atoms with Crippen LogP contribution < -0.4 is 10.6 Å². The zero-order valence-corrected chi connectivity index (χ0v) is 17.9. The first-order valence-electron chi connectivity index (χ1n) is 9.46. The average Bonchev–Trinajstić information content (AvgIpc) is 2.74. The van der Waals surface area contributed by atoms with E-state index >= 15 is 0 Å². The maximum atomic E-state index is 11.5. The van der Waals surface area contributed by atoms with Crippen molar-refractivity contribution in [3.63, 3.8) is 0 Å². The van der Waals surface area contributed by atoms with Gasteiger partial charge in [-0.3, -0.25) is 9.59 Å². The highest BCUT2D eigenvalue weighted by Gasteiger charge is 2.16. The van der Waals surface area contributed by atoms with Crippen molar-refractivity contribution in [3.8, 4) is 0 Å². The second-order valence-electron chi connectivity index (χ2n) is 6.38. The summed E-state index contributed by atoms with van der Waals surface area (Å²) in [5, 5.41) is 6.10. The van der Waals surface area contributed by atoms with Crippen molar-refractivity contribution in [2.75, 3.05) is 21.2 Å². The molecular weight excluding hydrogens is 371 g/mol. The van der Waals surface area contributed by atoms with Crippen molar-refractivity contribution in [2.45, 2.75) is 32.7 Å². The number of esters is 1. The number of rotatable bonds is 9. The number of aldehydes is 1. The van der Waals surface area contributed by atoms with Crippen LogP contribution in [0.3, 0.4) is 0 Å². The van der Waals surface area contributed by atoms with Crippen LogP contribution in [-0.4, -0.2) is 39.5 Å². The summed E-state index contributed by atoms with van der Waals surface area (Å²) in [5.74, 6) is 0.204. The van der Waals surface area contributed by atoms with Gasteiger partial charge in [0.05, 0.1) is 13.4 Å². The van der Waals surface area contributed by atoms with E-state index in [0.717, 1.165) is 17.7 Å². The second-order valence-corrected chi connectivity index (χ2v) is 6.38. The summed E-state index contributed by atoms with van der Waals surface area (Å²) in [7, 11) is 5.11. The Kier molecular flexibility index (Phi) is 14.7. The van der Waals surface area contributed by atoms with Crippen molar-refractivity contribution in [1.29, 1.82) is 0 Å². The summed E-state index contributed by atoms with van der Waals surface area (Å²) >= 11 is 0. The molecule has 160 valence electrons. The number of carbonyl (C=O) groups is 2. The maximum Gasteiger partial charge on any atom is 0.323 e. The molecule has 0 aromatic heterocycles. The van der Waals surface area contributed by atoms with Crippen LogP contribution in [0.1, 0.15) is 26.7 Å². The van der Waals surface area contributed by atoms with E-state index in [2.05, 4.69) is 41.9 Å². The van der Waals surface area contributed by atoms with E-state index in [4.69, 9.17) is 4.74 Å². The van der Waals surface area contributed by atoms with Gasteiger partial charge in [0.1, 0.15) is 12.3 Å². The molecule has 0 heterocycles. The van der Waals surface area contributed by atoms with Gasteiger partial charge in [0, 0.05) is 18.7 Å². The number of ether oxygens (including phenoxy) is 1. The van der Waals surface area contributed by atoms with Gasteiger partial charge in [0.2, 0.25) is 0 Å².